The van der Waals surface area contributed by atoms with E-state index in [4.69, 9.17) is 16.3 Å². The van der Waals surface area contributed by atoms with Gasteiger partial charge in [-0.05, 0) is 30.7 Å². The van der Waals surface area contributed by atoms with E-state index in [2.05, 4.69) is 15.9 Å². The fourth-order valence-corrected chi connectivity index (χ4v) is 2.50. The van der Waals surface area contributed by atoms with Crippen LogP contribution in [-0.4, -0.2) is 6.61 Å². The van der Waals surface area contributed by atoms with Gasteiger partial charge in [-0.15, -0.1) is 11.6 Å². The van der Waals surface area contributed by atoms with Crippen LogP contribution in [0, 0.1) is 0 Å². The average molecular weight is 326 g/mol. The van der Waals surface area contributed by atoms with Crippen LogP contribution in [0.15, 0.2) is 53.0 Å². The highest BCUT2D eigenvalue weighted by Gasteiger charge is 2.16. The van der Waals surface area contributed by atoms with E-state index in [9.17, 15) is 0 Å². The molecule has 18 heavy (non-hydrogen) atoms. The van der Waals surface area contributed by atoms with Crippen LogP contribution in [0.25, 0.3) is 0 Å². The summed E-state index contributed by atoms with van der Waals surface area (Å²) < 4.78 is 6.63. The van der Waals surface area contributed by atoms with Crippen LogP contribution in [0.4, 0.5) is 0 Å². The third kappa shape index (κ3) is 3.06. The standard InChI is InChI=1S/C15H14BrClO/c1-2-18-14-9-8-12(16)10-13(14)15(17)11-6-4-3-5-7-11/h3-10,15H,2H2,1H3. The molecule has 2 aromatic rings. The zero-order valence-electron chi connectivity index (χ0n) is 10.1. The fourth-order valence-electron chi connectivity index (χ4n) is 1.81. The van der Waals surface area contributed by atoms with Crippen LogP contribution in [0.5, 0.6) is 5.75 Å². The number of benzene rings is 2. The Labute approximate surface area is 121 Å². The normalized spacial score (nSPS) is 12.2. The van der Waals surface area contributed by atoms with Crippen molar-refractivity contribution in [3.63, 3.8) is 0 Å². The summed E-state index contributed by atoms with van der Waals surface area (Å²) in [5.41, 5.74) is 2.05. The molecule has 94 valence electrons. The predicted molar refractivity (Wildman–Crippen MR) is 79.4 cm³/mol. The van der Waals surface area contributed by atoms with Crippen molar-refractivity contribution in [1.82, 2.24) is 0 Å². The molecule has 0 aliphatic carbocycles. The Bertz CT molecular complexity index is 513. The zero-order valence-corrected chi connectivity index (χ0v) is 12.4. The zero-order chi connectivity index (χ0) is 13.0. The lowest BCUT2D eigenvalue weighted by Gasteiger charge is -2.15. The summed E-state index contributed by atoms with van der Waals surface area (Å²) in [6.07, 6.45) is 0. The van der Waals surface area contributed by atoms with Crippen molar-refractivity contribution in [2.45, 2.75) is 12.3 Å². The largest absolute Gasteiger partial charge is 0.494 e. The molecule has 2 rings (SSSR count). The Morgan fingerprint density at radius 3 is 2.56 bits per heavy atom. The molecule has 2 aromatic carbocycles. The van der Waals surface area contributed by atoms with Gasteiger partial charge < -0.3 is 4.74 Å². The Morgan fingerprint density at radius 1 is 1.17 bits per heavy atom. The van der Waals surface area contributed by atoms with Crippen molar-refractivity contribution in [3.8, 4) is 5.75 Å². The maximum Gasteiger partial charge on any atom is 0.124 e. The topological polar surface area (TPSA) is 9.23 Å². The van der Waals surface area contributed by atoms with E-state index in [1.807, 2.05) is 55.5 Å². The van der Waals surface area contributed by atoms with Gasteiger partial charge in [0.05, 0.1) is 12.0 Å². The molecule has 0 saturated heterocycles. The Kier molecular flexibility index (Phi) is 4.67. The van der Waals surface area contributed by atoms with Crippen LogP contribution in [0.1, 0.15) is 23.4 Å². The van der Waals surface area contributed by atoms with Gasteiger partial charge in [-0.3, -0.25) is 0 Å². The third-order valence-electron chi connectivity index (χ3n) is 2.64. The maximum absolute atomic E-state index is 6.54. The van der Waals surface area contributed by atoms with E-state index in [-0.39, 0.29) is 5.38 Å². The minimum absolute atomic E-state index is 0.203. The number of hydrogen-bond acceptors (Lipinski definition) is 1. The van der Waals surface area contributed by atoms with Crippen molar-refractivity contribution in [2.75, 3.05) is 6.61 Å². The molecule has 0 aromatic heterocycles. The molecular formula is C15H14BrClO. The Morgan fingerprint density at radius 2 is 1.89 bits per heavy atom. The number of ether oxygens (including phenoxy) is 1. The van der Waals surface area contributed by atoms with E-state index in [1.54, 1.807) is 0 Å². The van der Waals surface area contributed by atoms with Crippen LogP contribution >= 0.6 is 27.5 Å². The summed E-state index contributed by atoms with van der Waals surface area (Å²) in [6.45, 7) is 2.60. The molecule has 0 amide bonds. The van der Waals surface area contributed by atoms with Crippen molar-refractivity contribution in [2.24, 2.45) is 0 Å². The second kappa shape index (κ2) is 6.26. The Hall–Kier alpha value is -0.990. The smallest absolute Gasteiger partial charge is 0.124 e. The summed E-state index contributed by atoms with van der Waals surface area (Å²) in [4.78, 5) is 0. The van der Waals surface area contributed by atoms with Gasteiger partial charge in [0.15, 0.2) is 0 Å². The molecule has 0 radical (unpaired) electrons. The van der Waals surface area contributed by atoms with E-state index < -0.39 is 0 Å². The molecule has 0 aliphatic heterocycles. The van der Waals surface area contributed by atoms with E-state index >= 15 is 0 Å². The van der Waals surface area contributed by atoms with Gasteiger partial charge in [0, 0.05) is 10.0 Å². The first-order valence-corrected chi connectivity index (χ1v) is 7.06. The molecule has 0 aliphatic rings. The molecule has 1 atom stereocenters. The van der Waals surface area contributed by atoms with E-state index in [1.165, 1.54) is 0 Å². The highest BCUT2D eigenvalue weighted by atomic mass is 79.9. The van der Waals surface area contributed by atoms with E-state index in [0.29, 0.717) is 6.61 Å². The third-order valence-corrected chi connectivity index (χ3v) is 3.62. The predicted octanol–water partition coefficient (Wildman–Crippen LogP) is 5.18. The molecule has 0 saturated carbocycles. The monoisotopic (exact) mass is 324 g/mol. The molecule has 0 fully saturated rings. The summed E-state index contributed by atoms with van der Waals surface area (Å²) in [5, 5.41) is -0.203. The lowest BCUT2D eigenvalue weighted by Crippen LogP contribution is -2.00. The Balaban J connectivity index is 2.40. The maximum atomic E-state index is 6.54. The highest BCUT2D eigenvalue weighted by Crippen LogP contribution is 2.36. The molecular weight excluding hydrogens is 312 g/mol. The van der Waals surface area contributed by atoms with Crippen LogP contribution < -0.4 is 4.74 Å². The lowest BCUT2D eigenvalue weighted by atomic mass is 10.0. The lowest BCUT2D eigenvalue weighted by molar-refractivity contribution is 0.337. The van der Waals surface area contributed by atoms with Gasteiger partial charge >= 0.3 is 0 Å². The average Bonchev–Trinajstić information content (AvgIpc) is 2.41. The number of rotatable bonds is 4. The molecule has 3 heteroatoms. The SMILES string of the molecule is CCOc1ccc(Br)cc1C(Cl)c1ccccc1. The second-order valence-electron chi connectivity index (χ2n) is 3.89. The first-order valence-electron chi connectivity index (χ1n) is 5.83. The summed E-state index contributed by atoms with van der Waals surface area (Å²) in [6, 6.07) is 15.9. The molecule has 0 heterocycles. The van der Waals surface area contributed by atoms with Crippen LogP contribution in [-0.2, 0) is 0 Å². The minimum atomic E-state index is -0.203. The van der Waals surface area contributed by atoms with Crippen molar-refractivity contribution >= 4 is 27.5 Å². The molecule has 0 spiro atoms. The number of alkyl halides is 1. The first kappa shape index (κ1) is 13.4. The molecule has 0 N–H and O–H groups in total. The van der Waals surface area contributed by atoms with Crippen molar-refractivity contribution < 1.29 is 4.74 Å². The van der Waals surface area contributed by atoms with Gasteiger partial charge in [0.1, 0.15) is 5.75 Å². The van der Waals surface area contributed by atoms with Gasteiger partial charge in [-0.1, -0.05) is 46.3 Å². The van der Waals surface area contributed by atoms with Crippen molar-refractivity contribution in [3.05, 3.63) is 64.1 Å². The van der Waals surface area contributed by atoms with Gasteiger partial charge in [0.2, 0.25) is 0 Å². The summed E-state index contributed by atoms with van der Waals surface area (Å²) in [5.74, 6) is 0.838. The van der Waals surface area contributed by atoms with Crippen LogP contribution in [0.2, 0.25) is 0 Å². The van der Waals surface area contributed by atoms with Gasteiger partial charge in [-0.2, -0.15) is 0 Å². The first-order chi connectivity index (χ1) is 8.72. The highest BCUT2D eigenvalue weighted by molar-refractivity contribution is 9.10. The van der Waals surface area contributed by atoms with Gasteiger partial charge in [0.25, 0.3) is 0 Å². The summed E-state index contributed by atoms with van der Waals surface area (Å²) >= 11 is 10.0. The van der Waals surface area contributed by atoms with Gasteiger partial charge in [-0.25, -0.2) is 0 Å². The van der Waals surface area contributed by atoms with E-state index in [0.717, 1.165) is 21.3 Å². The number of hydrogen-bond donors (Lipinski definition) is 0. The fraction of sp³-hybridized carbons (Fsp3) is 0.200. The van der Waals surface area contributed by atoms with Crippen molar-refractivity contribution in [1.29, 1.82) is 0 Å². The summed E-state index contributed by atoms with van der Waals surface area (Å²) in [7, 11) is 0. The quantitative estimate of drug-likeness (QED) is 0.704. The molecule has 1 unspecified atom stereocenters. The van der Waals surface area contributed by atoms with Crippen LogP contribution in [0.3, 0.4) is 0 Å². The number of halogens is 2. The minimum Gasteiger partial charge on any atom is -0.494 e. The second-order valence-corrected chi connectivity index (χ2v) is 5.24. The molecule has 0 bridgehead atoms. The molecule has 1 nitrogen and oxygen atoms in total.